The number of rotatable bonds is 4. The molecule has 0 atom stereocenters. The molecule has 0 saturated heterocycles. The van der Waals surface area contributed by atoms with Crippen molar-refractivity contribution in [3.05, 3.63) is 88.5 Å². The first-order valence-electron chi connectivity index (χ1n) is 9.07. The van der Waals surface area contributed by atoms with E-state index in [1.807, 2.05) is 6.08 Å². The molecule has 0 N–H and O–H groups in total. The van der Waals surface area contributed by atoms with Crippen molar-refractivity contribution >= 4 is 11.6 Å². The number of aromatic nitrogens is 1. The molecule has 0 unspecified atom stereocenters. The molecule has 0 radical (unpaired) electrons. The number of hydrogen-bond donors (Lipinski definition) is 0. The topological polar surface area (TPSA) is 28.7 Å². The van der Waals surface area contributed by atoms with Crippen LogP contribution in [0.3, 0.4) is 0 Å². The van der Waals surface area contributed by atoms with Crippen molar-refractivity contribution in [2.75, 3.05) is 0 Å². The molecule has 0 aliphatic carbocycles. The van der Waals surface area contributed by atoms with Crippen molar-refractivity contribution in [3.8, 4) is 11.8 Å². The second kappa shape index (κ2) is 7.63. The Morgan fingerprint density at radius 1 is 1.04 bits per heavy atom. The zero-order valence-electron chi connectivity index (χ0n) is 16.1. The highest BCUT2D eigenvalue weighted by molar-refractivity contribution is 5.90. The lowest BCUT2D eigenvalue weighted by molar-refractivity contribution is 0.627. The molecule has 2 aromatic carbocycles. The third-order valence-corrected chi connectivity index (χ3v) is 4.86. The monoisotopic (exact) mass is 358 g/mol. The molecule has 27 heavy (non-hydrogen) atoms. The first-order chi connectivity index (χ1) is 12.9. The minimum Gasteiger partial charge on any atom is -0.318 e. The van der Waals surface area contributed by atoms with Crippen molar-refractivity contribution in [1.82, 2.24) is 4.57 Å². The number of nitrogens with zero attached hydrogens (tertiary/aromatic N) is 2. The zero-order valence-corrected chi connectivity index (χ0v) is 16.1. The smallest absolute Gasteiger partial charge is 0.123 e. The van der Waals surface area contributed by atoms with Gasteiger partial charge >= 0.3 is 0 Å². The van der Waals surface area contributed by atoms with E-state index in [0.717, 1.165) is 22.6 Å². The lowest BCUT2D eigenvalue weighted by Crippen LogP contribution is -1.99. The Bertz CT molecular complexity index is 1010. The van der Waals surface area contributed by atoms with Crippen LogP contribution in [-0.4, -0.2) is 4.57 Å². The Morgan fingerprint density at radius 3 is 2.22 bits per heavy atom. The molecule has 3 aromatic rings. The van der Waals surface area contributed by atoms with Gasteiger partial charge in [-0.25, -0.2) is 4.39 Å². The van der Waals surface area contributed by atoms with E-state index in [2.05, 4.69) is 68.7 Å². The van der Waals surface area contributed by atoms with Gasteiger partial charge in [0.1, 0.15) is 5.82 Å². The molecule has 0 fully saturated rings. The summed E-state index contributed by atoms with van der Waals surface area (Å²) in [5.41, 5.74) is 6.81. The SMILES string of the molecule is Cc1cc(C=C(C#N)c2ccc(F)cc2)c(C)n1-c1ccc(C(C)C)cc1. The van der Waals surface area contributed by atoms with Crippen LogP contribution < -0.4 is 0 Å². The minimum atomic E-state index is -0.306. The Kier molecular flexibility index (Phi) is 5.28. The maximum atomic E-state index is 13.2. The molecule has 0 saturated carbocycles. The third kappa shape index (κ3) is 3.85. The van der Waals surface area contributed by atoms with E-state index in [1.54, 1.807) is 12.1 Å². The largest absolute Gasteiger partial charge is 0.318 e. The Balaban J connectivity index is 2.02. The summed E-state index contributed by atoms with van der Waals surface area (Å²) in [5, 5.41) is 9.56. The predicted octanol–water partition coefficient (Wildman–Crippen LogP) is 6.42. The van der Waals surface area contributed by atoms with Gasteiger partial charge in [-0.15, -0.1) is 0 Å². The Hall–Kier alpha value is -3.12. The van der Waals surface area contributed by atoms with Crippen LogP contribution in [0, 0.1) is 31.0 Å². The molecule has 2 nitrogen and oxygen atoms in total. The first-order valence-corrected chi connectivity index (χ1v) is 9.07. The number of hydrogen-bond acceptors (Lipinski definition) is 1. The van der Waals surface area contributed by atoms with Crippen LogP contribution in [0.15, 0.2) is 54.6 Å². The highest BCUT2D eigenvalue weighted by atomic mass is 19.1. The fourth-order valence-electron chi connectivity index (χ4n) is 3.30. The summed E-state index contributed by atoms with van der Waals surface area (Å²) in [6.07, 6.45) is 1.87. The van der Waals surface area contributed by atoms with Crippen molar-refractivity contribution in [2.45, 2.75) is 33.6 Å². The van der Waals surface area contributed by atoms with Crippen LogP contribution in [-0.2, 0) is 0 Å². The zero-order chi connectivity index (χ0) is 19.6. The minimum absolute atomic E-state index is 0.306. The van der Waals surface area contributed by atoms with E-state index in [9.17, 15) is 9.65 Å². The third-order valence-electron chi connectivity index (χ3n) is 4.86. The highest BCUT2D eigenvalue weighted by Gasteiger charge is 2.11. The summed E-state index contributed by atoms with van der Waals surface area (Å²) in [6.45, 7) is 8.48. The van der Waals surface area contributed by atoms with E-state index < -0.39 is 0 Å². The van der Waals surface area contributed by atoms with Gasteiger partial charge in [-0.05, 0) is 72.9 Å². The van der Waals surface area contributed by atoms with Gasteiger partial charge in [-0.2, -0.15) is 5.26 Å². The molecular weight excluding hydrogens is 335 g/mol. The molecule has 136 valence electrons. The second-order valence-electron chi connectivity index (χ2n) is 7.08. The first kappa shape index (κ1) is 18.7. The van der Waals surface area contributed by atoms with Crippen LogP contribution in [0.25, 0.3) is 17.3 Å². The van der Waals surface area contributed by atoms with Crippen LogP contribution in [0.4, 0.5) is 4.39 Å². The maximum Gasteiger partial charge on any atom is 0.123 e. The second-order valence-corrected chi connectivity index (χ2v) is 7.08. The van der Waals surface area contributed by atoms with E-state index in [0.29, 0.717) is 17.1 Å². The predicted molar refractivity (Wildman–Crippen MR) is 109 cm³/mol. The van der Waals surface area contributed by atoms with Gasteiger partial charge < -0.3 is 4.57 Å². The van der Waals surface area contributed by atoms with Gasteiger partial charge in [-0.3, -0.25) is 0 Å². The van der Waals surface area contributed by atoms with Gasteiger partial charge in [0.25, 0.3) is 0 Å². The van der Waals surface area contributed by atoms with Crippen molar-refractivity contribution in [2.24, 2.45) is 0 Å². The van der Waals surface area contributed by atoms with Crippen LogP contribution in [0.2, 0.25) is 0 Å². The number of halogens is 1. The molecule has 1 aromatic heterocycles. The lowest BCUT2D eigenvalue weighted by Gasteiger charge is -2.12. The average molecular weight is 358 g/mol. The molecule has 0 amide bonds. The quantitative estimate of drug-likeness (QED) is 0.495. The van der Waals surface area contributed by atoms with E-state index in [-0.39, 0.29) is 5.82 Å². The van der Waals surface area contributed by atoms with Gasteiger partial charge in [0.05, 0.1) is 11.6 Å². The number of allylic oxidation sites excluding steroid dienone is 1. The fraction of sp³-hybridized carbons (Fsp3) is 0.208. The molecule has 3 rings (SSSR count). The van der Waals surface area contributed by atoms with E-state index in [4.69, 9.17) is 0 Å². The van der Waals surface area contributed by atoms with Gasteiger partial charge in [0.2, 0.25) is 0 Å². The molecule has 0 bridgehead atoms. The summed E-state index contributed by atoms with van der Waals surface area (Å²) >= 11 is 0. The molecular formula is C24H23FN2. The fourth-order valence-corrected chi connectivity index (χ4v) is 3.30. The average Bonchev–Trinajstić information content (AvgIpc) is 2.94. The van der Waals surface area contributed by atoms with Crippen LogP contribution in [0.1, 0.15) is 47.8 Å². The summed E-state index contributed by atoms with van der Waals surface area (Å²) in [6, 6.07) is 18.9. The normalized spacial score (nSPS) is 11.7. The van der Waals surface area contributed by atoms with Crippen LogP contribution >= 0.6 is 0 Å². The summed E-state index contributed by atoms with van der Waals surface area (Å²) in [5.74, 6) is 0.192. The van der Waals surface area contributed by atoms with Gasteiger partial charge in [0.15, 0.2) is 0 Å². The summed E-state index contributed by atoms with van der Waals surface area (Å²) in [4.78, 5) is 0. The molecule has 3 heteroatoms. The Morgan fingerprint density at radius 2 is 1.67 bits per heavy atom. The lowest BCUT2D eigenvalue weighted by atomic mass is 10.0. The molecule has 0 aliphatic heterocycles. The molecule has 1 heterocycles. The number of benzene rings is 2. The summed E-state index contributed by atoms with van der Waals surface area (Å²) < 4.78 is 15.4. The Labute approximate surface area is 160 Å². The molecule has 0 spiro atoms. The highest BCUT2D eigenvalue weighted by Crippen LogP contribution is 2.26. The van der Waals surface area contributed by atoms with Crippen molar-refractivity contribution < 1.29 is 4.39 Å². The van der Waals surface area contributed by atoms with Crippen molar-refractivity contribution in [3.63, 3.8) is 0 Å². The number of aryl methyl sites for hydroxylation is 1. The maximum absolute atomic E-state index is 13.2. The van der Waals surface area contributed by atoms with Gasteiger partial charge in [-0.1, -0.05) is 38.1 Å². The van der Waals surface area contributed by atoms with E-state index in [1.165, 1.54) is 17.7 Å². The van der Waals surface area contributed by atoms with Gasteiger partial charge in [0, 0.05) is 17.1 Å². The van der Waals surface area contributed by atoms with Crippen molar-refractivity contribution in [1.29, 1.82) is 5.26 Å². The standard InChI is InChI=1S/C24H23FN2/c1-16(2)19-7-11-24(12-8-19)27-17(3)13-21(18(27)4)14-22(15-26)20-5-9-23(25)10-6-20/h5-14,16H,1-4H3. The number of nitriles is 1. The molecule has 0 aliphatic rings. The summed E-state index contributed by atoms with van der Waals surface area (Å²) in [7, 11) is 0. The van der Waals surface area contributed by atoms with Crippen LogP contribution in [0.5, 0.6) is 0 Å². The van der Waals surface area contributed by atoms with E-state index >= 15 is 0 Å².